The molecular formula is C17H16O5. The molecule has 1 aliphatic rings. The third-order valence-electron chi connectivity index (χ3n) is 4.41. The number of benzene rings is 1. The van der Waals surface area contributed by atoms with Crippen LogP contribution in [0.5, 0.6) is 0 Å². The van der Waals surface area contributed by atoms with Gasteiger partial charge in [0.25, 0.3) is 0 Å². The summed E-state index contributed by atoms with van der Waals surface area (Å²) in [5.74, 6) is -0.672. The fourth-order valence-electron chi connectivity index (χ4n) is 3.31. The molecule has 1 saturated carbocycles. The van der Waals surface area contributed by atoms with Gasteiger partial charge in [0.15, 0.2) is 5.41 Å². The van der Waals surface area contributed by atoms with Crippen LogP contribution in [0.3, 0.4) is 0 Å². The number of rotatable bonds is 4. The summed E-state index contributed by atoms with van der Waals surface area (Å²) < 4.78 is 15.3. The van der Waals surface area contributed by atoms with Crippen LogP contribution >= 0.6 is 0 Å². The van der Waals surface area contributed by atoms with Gasteiger partial charge in [-0.25, -0.2) is 0 Å². The topological polar surface area (TPSA) is 65.7 Å². The highest BCUT2D eigenvalue weighted by molar-refractivity contribution is 6.07. The molecule has 5 heteroatoms. The first-order chi connectivity index (χ1) is 10.6. The Morgan fingerprint density at radius 1 is 1.00 bits per heavy atom. The van der Waals surface area contributed by atoms with Crippen molar-refractivity contribution in [1.82, 2.24) is 0 Å². The Balaban J connectivity index is 2.22. The molecule has 1 aromatic carbocycles. The van der Waals surface area contributed by atoms with Crippen LogP contribution in [0.4, 0.5) is 0 Å². The van der Waals surface area contributed by atoms with E-state index in [0.29, 0.717) is 5.76 Å². The van der Waals surface area contributed by atoms with Gasteiger partial charge in [-0.3, -0.25) is 9.59 Å². The number of carbonyl (C=O) groups excluding carboxylic acids is 2. The average molecular weight is 300 g/mol. The number of carbonyl (C=O) groups is 2. The smallest absolute Gasteiger partial charge is 0.324 e. The van der Waals surface area contributed by atoms with Crippen molar-refractivity contribution in [2.24, 2.45) is 5.41 Å². The van der Waals surface area contributed by atoms with E-state index < -0.39 is 22.8 Å². The minimum atomic E-state index is -1.41. The molecule has 1 heterocycles. The molecule has 2 aromatic rings. The Hall–Kier alpha value is -2.56. The molecule has 0 bridgehead atoms. The van der Waals surface area contributed by atoms with Crippen molar-refractivity contribution in [3.63, 3.8) is 0 Å². The third-order valence-corrected chi connectivity index (χ3v) is 4.41. The number of hydrogen-bond acceptors (Lipinski definition) is 5. The van der Waals surface area contributed by atoms with E-state index in [2.05, 4.69) is 0 Å². The lowest BCUT2D eigenvalue weighted by atomic mass is 9.83. The van der Waals surface area contributed by atoms with E-state index in [1.807, 2.05) is 30.3 Å². The lowest BCUT2D eigenvalue weighted by Gasteiger charge is -2.21. The number of methoxy groups -OCH3 is 2. The zero-order valence-corrected chi connectivity index (χ0v) is 12.4. The van der Waals surface area contributed by atoms with Crippen molar-refractivity contribution < 1.29 is 23.5 Å². The minimum absolute atomic E-state index is 0.261. The summed E-state index contributed by atoms with van der Waals surface area (Å²) in [6.07, 6.45) is 1.79. The largest absolute Gasteiger partial charge is 0.468 e. The molecule has 1 fully saturated rings. The summed E-state index contributed by atoms with van der Waals surface area (Å²) in [4.78, 5) is 24.8. The Labute approximate surface area is 127 Å². The second kappa shape index (κ2) is 5.02. The summed E-state index contributed by atoms with van der Waals surface area (Å²) in [5.41, 5.74) is -1.48. The molecule has 0 radical (unpaired) electrons. The van der Waals surface area contributed by atoms with Gasteiger partial charge >= 0.3 is 11.9 Å². The molecule has 3 rings (SSSR count). The molecule has 5 nitrogen and oxygen atoms in total. The molecule has 1 aromatic heterocycles. The summed E-state index contributed by atoms with van der Waals surface area (Å²) in [5, 5.41) is 0. The zero-order valence-electron chi connectivity index (χ0n) is 12.4. The highest BCUT2D eigenvalue weighted by Gasteiger charge is 2.81. The maximum Gasteiger partial charge on any atom is 0.324 e. The molecule has 0 amide bonds. The predicted octanol–water partition coefficient (Wildman–Crippen LogP) is 2.30. The summed E-state index contributed by atoms with van der Waals surface area (Å²) in [6, 6.07) is 12.8. The van der Waals surface area contributed by atoms with Gasteiger partial charge in [0.05, 0.1) is 25.9 Å². The monoisotopic (exact) mass is 300 g/mol. The zero-order chi connectivity index (χ0) is 15.8. The lowest BCUT2D eigenvalue weighted by molar-refractivity contribution is -0.162. The first-order valence-corrected chi connectivity index (χ1v) is 6.90. The van der Waals surface area contributed by atoms with Gasteiger partial charge in [0.2, 0.25) is 0 Å². The highest BCUT2D eigenvalue weighted by atomic mass is 16.5. The number of hydrogen-bond donors (Lipinski definition) is 0. The molecule has 0 aliphatic heterocycles. The van der Waals surface area contributed by atoms with Crippen molar-refractivity contribution in [2.75, 3.05) is 14.2 Å². The van der Waals surface area contributed by atoms with Gasteiger partial charge < -0.3 is 13.9 Å². The van der Waals surface area contributed by atoms with Crippen molar-refractivity contribution in [3.05, 3.63) is 60.1 Å². The second-order valence-corrected chi connectivity index (χ2v) is 5.31. The number of furan rings is 1. The van der Waals surface area contributed by atoms with Crippen LogP contribution in [0.25, 0.3) is 0 Å². The van der Waals surface area contributed by atoms with Crippen LogP contribution in [-0.2, 0) is 24.5 Å². The van der Waals surface area contributed by atoms with E-state index in [1.165, 1.54) is 20.5 Å². The standard InChI is InChI=1S/C17H16O5/c1-20-14(18)17(15(19)21-2)11-16(17,13-9-6-10-22-13)12-7-4-3-5-8-12/h3-10H,11H2,1-2H3. The Bertz CT molecular complexity index is 673. The summed E-state index contributed by atoms with van der Waals surface area (Å²) in [7, 11) is 2.53. The van der Waals surface area contributed by atoms with Gasteiger partial charge in [-0.05, 0) is 24.1 Å². The van der Waals surface area contributed by atoms with Crippen LogP contribution in [0, 0.1) is 5.41 Å². The quantitative estimate of drug-likeness (QED) is 0.640. The molecule has 1 aliphatic carbocycles. The van der Waals surface area contributed by atoms with Gasteiger partial charge in [0.1, 0.15) is 5.76 Å². The lowest BCUT2D eigenvalue weighted by Crippen LogP contribution is -2.36. The minimum Gasteiger partial charge on any atom is -0.468 e. The van der Waals surface area contributed by atoms with Crippen molar-refractivity contribution in [2.45, 2.75) is 11.8 Å². The van der Waals surface area contributed by atoms with Crippen molar-refractivity contribution in [3.8, 4) is 0 Å². The van der Waals surface area contributed by atoms with Crippen LogP contribution in [-0.4, -0.2) is 26.2 Å². The number of ether oxygens (including phenoxy) is 2. The van der Waals surface area contributed by atoms with Crippen LogP contribution in [0.15, 0.2) is 53.1 Å². The van der Waals surface area contributed by atoms with Crippen molar-refractivity contribution >= 4 is 11.9 Å². The van der Waals surface area contributed by atoms with Gasteiger partial charge in [-0.2, -0.15) is 0 Å². The maximum absolute atomic E-state index is 12.4. The summed E-state index contributed by atoms with van der Waals surface area (Å²) >= 11 is 0. The first kappa shape index (κ1) is 14.4. The molecule has 0 saturated heterocycles. The van der Waals surface area contributed by atoms with Crippen LogP contribution in [0.1, 0.15) is 17.7 Å². The molecule has 0 N–H and O–H groups in total. The van der Waals surface area contributed by atoms with E-state index in [0.717, 1.165) is 5.56 Å². The van der Waals surface area contributed by atoms with Crippen LogP contribution in [0.2, 0.25) is 0 Å². The Morgan fingerprint density at radius 3 is 2.14 bits per heavy atom. The molecule has 1 atom stereocenters. The normalized spacial score (nSPS) is 21.9. The molecular weight excluding hydrogens is 284 g/mol. The molecule has 22 heavy (non-hydrogen) atoms. The summed E-state index contributed by atoms with van der Waals surface area (Å²) in [6.45, 7) is 0. The Morgan fingerprint density at radius 2 is 1.64 bits per heavy atom. The van der Waals surface area contributed by atoms with E-state index in [9.17, 15) is 9.59 Å². The highest BCUT2D eigenvalue weighted by Crippen LogP contribution is 2.69. The average Bonchev–Trinajstić information content (AvgIpc) is 2.99. The Kier molecular flexibility index (Phi) is 3.28. The first-order valence-electron chi connectivity index (χ1n) is 6.90. The predicted molar refractivity (Wildman–Crippen MR) is 77.0 cm³/mol. The second-order valence-electron chi connectivity index (χ2n) is 5.31. The van der Waals surface area contributed by atoms with Gasteiger partial charge in [-0.1, -0.05) is 30.3 Å². The van der Waals surface area contributed by atoms with Crippen molar-refractivity contribution in [1.29, 1.82) is 0 Å². The molecule has 114 valence electrons. The maximum atomic E-state index is 12.4. The van der Waals surface area contributed by atoms with E-state index in [1.54, 1.807) is 12.1 Å². The molecule has 1 unspecified atom stereocenters. The SMILES string of the molecule is COC(=O)C1(C(=O)OC)CC1(c1ccccc1)c1ccco1. The van der Waals surface area contributed by atoms with Gasteiger partial charge in [0, 0.05) is 0 Å². The fourth-order valence-corrected chi connectivity index (χ4v) is 3.31. The van der Waals surface area contributed by atoms with E-state index >= 15 is 0 Å². The number of esters is 2. The van der Waals surface area contributed by atoms with E-state index in [4.69, 9.17) is 13.9 Å². The van der Waals surface area contributed by atoms with E-state index in [-0.39, 0.29) is 6.42 Å². The van der Waals surface area contributed by atoms with Crippen LogP contribution < -0.4 is 0 Å². The fraction of sp³-hybridized carbons (Fsp3) is 0.294. The third kappa shape index (κ3) is 1.65. The molecule has 0 spiro atoms. The van der Waals surface area contributed by atoms with Gasteiger partial charge in [-0.15, -0.1) is 0 Å².